The van der Waals surface area contributed by atoms with Crippen molar-refractivity contribution in [2.75, 3.05) is 45.8 Å². The minimum Gasteiger partial charge on any atom is -0.369 e. The predicted octanol–water partition coefficient (Wildman–Crippen LogP) is 2.93. The summed E-state index contributed by atoms with van der Waals surface area (Å²) in [5, 5.41) is 11.2. The van der Waals surface area contributed by atoms with Crippen LogP contribution in [0.3, 0.4) is 0 Å². The highest BCUT2D eigenvalue weighted by molar-refractivity contribution is 5.93. The zero-order valence-corrected chi connectivity index (χ0v) is 22.8. The number of nitrogens with zero attached hydrogens (tertiary/aromatic N) is 3. The summed E-state index contributed by atoms with van der Waals surface area (Å²) in [4.78, 5) is 11.3. The Morgan fingerprint density at radius 3 is 2.39 bits per heavy atom. The van der Waals surface area contributed by atoms with Gasteiger partial charge in [-0.05, 0) is 89.3 Å². The number of aliphatic imine (C=N–C) groups is 2. The normalized spacial score (nSPS) is 28.5. The van der Waals surface area contributed by atoms with Crippen molar-refractivity contribution in [1.82, 2.24) is 20.9 Å². The van der Waals surface area contributed by atoms with E-state index in [9.17, 15) is 0 Å². The largest absolute Gasteiger partial charge is 0.369 e. The molecule has 4 fully saturated rings. The quantitative estimate of drug-likeness (QED) is 0.188. The van der Waals surface area contributed by atoms with Gasteiger partial charge in [0.1, 0.15) is 0 Å². The van der Waals surface area contributed by atoms with Crippen LogP contribution in [0.5, 0.6) is 0 Å². The molecule has 4 rings (SSSR count). The first kappa shape index (κ1) is 27.6. The SMILES string of the molecule is NC(=NCC1CCC(CNCCCNC2CCCCC2)CC1)/N=C(\N)N1CCNC2(CCCCC2)C1. The van der Waals surface area contributed by atoms with Crippen LogP contribution in [0, 0.1) is 11.8 Å². The number of hydrogen-bond donors (Lipinski definition) is 5. The van der Waals surface area contributed by atoms with Gasteiger partial charge < -0.3 is 32.3 Å². The molecule has 0 radical (unpaired) electrons. The molecule has 0 unspecified atom stereocenters. The standard InChI is InChI=1S/C28H54N8/c29-26(35-27(30)36-19-18-34-28(22-36)14-5-2-6-15-28)33-21-24-12-10-23(11-13-24)20-31-16-7-17-32-25-8-3-1-4-9-25/h23-25,31-32,34H,1-22H2,(H4,29,30,33,35). The van der Waals surface area contributed by atoms with Crippen molar-refractivity contribution in [3.05, 3.63) is 0 Å². The van der Waals surface area contributed by atoms with E-state index in [4.69, 9.17) is 11.5 Å². The minimum atomic E-state index is 0.210. The predicted molar refractivity (Wildman–Crippen MR) is 151 cm³/mol. The fourth-order valence-electron chi connectivity index (χ4n) is 6.91. The van der Waals surface area contributed by atoms with Crippen LogP contribution in [-0.4, -0.2) is 74.2 Å². The number of hydrogen-bond acceptors (Lipinski definition) is 4. The van der Waals surface area contributed by atoms with E-state index >= 15 is 0 Å². The number of nitrogens with two attached hydrogens (primary N) is 2. The Morgan fingerprint density at radius 2 is 1.61 bits per heavy atom. The van der Waals surface area contributed by atoms with E-state index < -0.39 is 0 Å². The van der Waals surface area contributed by atoms with Gasteiger partial charge >= 0.3 is 0 Å². The molecule has 3 saturated carbocycles. The Labute approximate surface area is 219 Å². The molecule has 8 heteroatoms. The lowest BCUT2D eigenvalue weighted by Gasteiger charge is -2.46. The summed E-state index contributed by atoms with van der Waals surface area (Å²) in [6.45, 7) is 7.02. The maximum atomic E-state index is 6.36. The lowest BCUT2D eigenvalue weighted by atomic mass is 9.80. The monoisotopic (exact) mass is 502 g/mol. The average molecular weight is 503 g/mol. The third kappa shape index (κ3) is 8.88. The Bertz CT molecular complexity index is 682. The first-order valence-corrected chi connectivity index (χ1v) is 15.2. The Balaban J connectivity index is 1.08. The van der Waals surface area contributed by atoms with Crippen molar-refractivity contribution in [3.63, 3.8) is 0 Å². The molecule has 0 bridgehead atoms. The van der Waals surface area contributed by atoms with Crippen molar-refractivity contribution in [2.24, 2.45) is 33.3 Å². The molecule has 1 aliphatic heterocycles. The summed E-state index contributed by atoms with van der Waals surface area (Å²) in [5.41, 5.74) is 12.7. The Kier molecular flexibility index (Phi) is 11.2. The summed E-state index contributed by atoms with van der Waals surface area (Å²) in [7, 11) is 0. The number of piperazine rings is 1. The highest BCUT2D eigenvalue weighted by Crippen LogP contribution is 2.31. The van der Waals surface area contributed by atoms with Crippen molar-refractivity contribution in [3.8, 4) is 0 Å². The van der Waals surface area contributed by atoms with Gasteiger partial charge in [-0.25, -0.2) is 0 Å². The maximum absolute atomic E-state index is 6.36. The molecular formula is C28H54N8. The molecule has 0 amide bonds. The molecule has 1 heterocycles. The molecule has 8 nitrogen and oxygen atoms in total. The van der Waals surface area contributed by atoms with Gasteiger partial charge in [0, 0.05) is 37.8 Å². The van der Waals surface area contributed by atoms with E-state index in [1.165, 1.54) is 96.3 Å². The second kappa shape index (κ2) is 14.5. The van der Waals surface area contributed by atoms with E-state index in [0.717, 1.165) is 57.8 Å². The third-order valence-electron chi connectivity index (χ3n) is 9.22. The van der Waals surface area contributed by atoms with Gasteiger partial charge in [0.05, 0.1) is 0 Å². The van der Waals surface area contributed by atoms with Gasteiger partial charge in [-0.1, -0.05) is 38.5 Å². The molecule has 0 atom stereocenters. The molecule has 1 saturated heterocycles. The Hall–Kier alpha value is -1.38. The van der Waals surface area contributed by atoms with Crippen LogP contribution < -0.4 is 27.4 Å². The fraction of sp³-hybridized carbons (Fsp3) is 0.929. The topological polar surface area (TPSA) is 116 Å². The van der Waals surface area contributed by atoms with Gasteiger partial charge in [0.2, 0.25) is 5.96 Å². The molecule has 3 aliphatic carbocycles. The maximum Gasteiger partial charge on any atom is 0.218 e. The van der Waals surface area contributed by atoms with E-state index in [1.54, 1.807) is 0 Å². The molecule has 1 spiro atoms. The molecule has 36 heavy (non-hydrogen) atoms. The van der Waals surface area contributed by atoms with E-state index in [0.29, 0.717) is 17.8 Å². The summed E-state index contributed by atoms with van der Waals surface area (Å²) in [6.07, 6.45) is 19.7. The highest BCUT2D eigenvalue weighted by Gasteiger charge is 2.36. The zero-order valence-electron chi connectivity index (χ0n) is 22.8. The lowest BCUT2D eigenvalue weighted by molar-refractivity contribution is 0.143. The van der Waals surface area contributed by atoms with E-state index in [-0.39, 0.29) is 5.54 Å². The minimum absolute atomic E-state index is 0.210. The second-order valence-electron chi connectivity index (χ2n) is 12.1. The van der Waals surface area contributed by atoms with Crippen LogP contribution in [0.1, 0.15) is 96.3 Å². The molecule has 0 aromatic heterocycles. The van der Waals surface area contributed by atoms with Crippen LogP contribution in [0.4, 0.5) is 0 Å². The Morgan fingerprint density at radius 1 is 0.889 bits per heavy atom. The van der Waals surface area contributed by atoms with Crippen LogP contribution in [0.15, 0.2) is 9.98 Å². The van der Waals surface area contributed by atoms with Gasteiger partial charge in [-0.3, -0.25) is 4.99 Å². The van der Waals surface area contributed by atoms with Crippen molar-refractivity contribution in [2.45, 2.75) is 108 Å². The van der Waals surface area contributed by atoms with Crippen molar-refractivity contribution >= 4 is 11.9 Å². The fourth-order valence-corrected chi connectivity index (χ4v) is 6.91. The second-order valence-corrected chi connectivity index (χ2v) is 12.1. The summed E-state index contributed by atoms with van der Waals surface area (Å²) < 4.78 is 0. The highest BCUT2D eigenvalue weighted by atomic mass is 15.3. The molecule has 206 valence electrons. The molecule has 4 aliphatic rings. The van der Waals surface area contributed by atoms with Crippen LogP contribution >= 0.6 is 0 Å². The smallest absolute Gasteiger partial charge is 0.218 e. The van der Waals surface area contributed by atoms with Crippen LogP contribution in [0.2, 0.25) is 0 Å². The summed E-state index contributed by atoms with van der Waals surface area (Å²) >= 11 is 0. The summed E-state index contributed by atoms with van der Waals surface area (Å²) in [6, 6.07) is 0.781. The third-order valence-corrected chi connectivity index (χ3v) is 9.22. The zero-order chi connectivity index (χ0) is 25.1. The van der Waals surface area contributed by atoms with Crippen molar-refractivity contribution < 1.29 is 0 Å². The van der Waals surface area contributed by atoms with Gasteiger partial charge in [-0.2, -0.15) is 4.99 Å². The van der Waals surface area contributed by atoms with Gasteiger partial charge in [0.15, 0.2) is 5.96 Å². The van der Waals surface area contributed by atoms with Gasteiger partial charge in [-0.15, -0.1) is 0 Å². The molecule has 0 aromatic rings. The van der Waals surface area contributed by atoms with E-state index in [1.807, 2.05) is 0 Å². The van der Waals surface area contributed by atoms with Crippen molar-refractivity contribution in [1.29, 1.82) is 0 Å². The average Bonchev–Trinajstić information content (AvgIpc) is 2.91. The number of guanidine groups is 2. The molecule has 7 N–H and O–H groups in total. The summed E-state index contributed by atoms with van der Waals surface area (Å²) in [5.74, 6) is 2.31. The molecule has 0 aromatic carbocycles. The lowest BCUT2D eigenvalue weighted by Crippen LogP contribution is -2.63. The first-order valence-electron chi connectivity index (χ1n) is 15.2. The first-order chi connectivity index (χ1) is 17.6. The van der Waals surface area contributed by atoms with Gasteiger partial charge in [0.25, 0.3) is 0 Å². The molecular weight excluding hydrogens is 448 g/mol. The number of rotatable bonds is 9. The van der Waals surface area contributed by atoms with Crippen LogP contribution in [0.25, 0.3) is 0 Å². The van der Waals surface area contributed by atoms with E-state index in [2.05, 4.69) is 30.8 Å². The number of nitrogens with one attached hydrogen (secondary N) is 3. The van der Waals surface area contributed by atoms with Crippen LogP contribution in [-0.2, 0) is 0 Å².